The maximum atomic E-state index is 11.9. The molecule has 0 unspecified atom stereocenters. The molecule has 0 saturated heterocycles. The fourth-order valence-corrected chi connectivity index (χ4v) is 2.75. The van der Waals surface area contributed by atoms with Crippen molar-refractivity contribution in [1.29, 1.82) is 0 Å². The molecule has 0 aromatic heterocycles. The number of ether oxygens (including phenoxy) is 4. The van der Waals surface area contributed by atoms with Crippen LogP contribution in [0, 0.1) is 0 Å². The fraction of sp³-hybridized carbons (Fsp3) is 0.304. The van der Waals surface area contributed by atoms with Crippen molar-refractivity contribution in [3.8, 4) is 23.0 Å². The van der Waals surface area contributed by atoms with Crippen LogP contribution in [-0.4, -0.2) is 52.7 Å². The van der Waals surface area contributed by atoms with Crippen LogP contribution < -0.4 is 29.8 Å². The first-order chi connectivity index (χ1) is 16.0. The van der Waals surface area contributed by atoms with Crippen molar-refractivity contribution < 1.29 is 28.5 Å². The zero-order valence-electron chi connectivity index (χ0n) is 19.1. The summed E-state index contributed by atoms with van der Waals surface area (Å²) in [6.07, 6.45) is 3.65. The molecule has 0 aliphatic heterocycles. The largest absolute Gasteiger partial charge is 0.493 e. The van der Waals surface area contributed by atoms with E-state index in [-0.39, 0.29) is 24.7 Å². The van der Waals surface area contributed by atoms with Crippen molar-refractivity contribution in [2.24, 2.45) is 10.2 Å². The number of hydrazone groups is 2. The maximum absolute atomic E-state index is 11.9. The molecule has 2 N–H and O–H groups in total. The molecule has 0 spiro atoms. The number of hydrogen-bond donors (Lipinski definition) is 2. The Morgan fingerprint density at radius 3 is 1.45 bits per heavy atom. The molecule has 10 nitrogen and oxygen atoms in total. The van der Waals surface area contributed by atoms with Crippen LogP contribution in [0.25, 0.3) is 0 Å². The highest BCUT2D eigenvalue weighted by molar-refractivity contribution is 5.84. The van der Waals surface area contributed by atoms with E-state index in [0.29, 0.717) is 29.4 Å². The first-order valence-corrected chi connectivity index (χ1v) is 10.1. The van der Waals surface area contributed by atoms with Gasteiger partial charge < -0.3 is 18.9 Å². The summed E-state index contributed by atoms with van der Waals surface area (Å²) in [5, 5.41) is 7.83. The Balaban J connectivity index is 1.71. The van der Waals surface area contributed by atoms with Gasteiger partial charge in [-0.2, -0.15) is 10.2 Å². The Labute approximate surface area is 192 Å². The highest BCUT2D eigenvalue weighted by Crippen LogP contribution is 2.27. The number of nitrogens with one attached hydrogen (secondary N) is 2. The third kappa shape index (κ3) is 8.17. The van der Waals surface area contributed by atoms with Gasteiger partial charge in [0.05, 0.1) is 40.9 Å². The first-order valence-electron chi connectivity index (χ1n) is 10.1. The van der Waals surface area contributed by atoms with Gasteiger partial charge in [-0.1, -0.05) is 0 Å². The molecule has 0 radical (unpaired) electrons. The van der Waals surface area contributed by atoms with E-state index in [1.165, 1.54) is 26.6 Å². The average molecular weight is 456 g/mol. The molecule has 0 heterocycles. The lowest BCUT2D eigenvalue weighted by Crippen LogP contribution is -2.20. The van der Waals surface area contributed by atoms with Crippen LogP contribution in [0.15, 0.2) is 46.6 Å². The second kappa shape index (κ2) is 13.4. The number of benzene rings is 2. The minimum absolute atomic E-state index is 0.149. The summed E-state index contributed by atoms with van der Waals surface area (Å²) in [7, 11) is 6.18. The van der Waals surface area contributed by atoms with E-state index in [1.54, 1.807) is 50.6 Å². The Hall–Kier alpha value is -4.08. The van der Waals surface area contributed by atoms with Crippen LogP contribution in [-0.2, 0) is 9.59 Å². The van der Waals surface area contributed by atoms with Crippen LogP contribution in [0.1, 0.15) is 30.4 Å². The summed E-state index contributed by atoms with van der Waals surface area (Å²) in [6.45, 7) is 0. The lowest BCUT2D eigenvalue weighted by Gasteiger charge is -2.07. The molecular formula is C23H28N4O6. The van der Waals surface area contributed by atoms with Crippen molar-refractivity contribution in [3.63, 3.8) is 0 Å². The van der Waals surface area contributed by atoms with E-state index < -0.39 is 0 Å². The summed E-state index contributed by atoms with van der Waals surface area (Å²) in [4.78, 5) is 23.8. The summed E-state index contributed by atoms with van der Waals surface area (Å²) >= 11 is 0. The van der Waals surface area contributed by atoms with Crippen LogP contribution >= 0.6 is 0 Å². The van der Waals surface area contributed by atoms with Gasteiger partial charge in [-0.3, -0.25) is 9.59 Å². The molecule has 2 aromatic carbocycles. The van der Waals surface area contributed by atoms with Crippen LogP contribution in [0.5, 0.6) is 23.0 Å². The number of hydrogen-bond acceptors (Lipinski definition) is 8. The van der Waals surface area contributed by atoms with Gasteiger partial charge in [0.25, 0.3) is 0 Å². The molecule has 176 valence electrons. The zero-order valence-corrected chi connectivity index (χ0v) is 19.1. The van der Waals surface area contributed by atoms with Crippen molar-refractivity contribution in [2.75, 3.05) is 28.4 Å². The van der Waals surface area contributed by atoms with E-state index in [0.717, 1.165) is 11.1 Å². The third-order valence-corrected chi connectivity index (χ3v) is 4.43. The molecule has 10 heteroatoms. The lowest BCUT2D eigenvalue weighted by molar-refractivity contribution is -0.122. The minimum atomic E-state index is -0.298. The van der Waals surface area contributed by atoms with Crippen molar-refractivity contribution in [1.82, 2.24) is 10.9 Å². The zero-order chi connectivity index (χ0) is 24.1. The molecule has 33 heavy (non-hydrogen) atoms. The second-order valence-electron chi connectivity index (χ2n) is 6.67. The van der Waals surface area contributed by atoms with Gasteiger partial charge in [-0.25, -0.2) is 10.9 Å². The normalized spacial score (nSPS) is 10.8. The van der Waals surface area contributed by atoms with E-state index >= 15 is 0 Å². The first kappa shape index (κ1) is 25.2. The highest BCUT2D eigenvalue weighted by atomic mass is 16.5. The van der Waals surface area contributed by atoms with Gasteiger partial charge in [0.2, 0.25) is 11.8 Å². The molecule has 0 saturated carbocycles. The summed E-state index contributed by atoms with van der Waals surface area (Å²) in [5.41, 5.74) is 6.33. The second-order valence-corrected chi connectivity index (χ2v) is 6.67. The number of rotatable bonds is 12. The molecule has 2 amide bonds. The number of nitrogens with zero attached hydrogens (tertiary/aromatic N) is 2. The quantitative estimate of drug-likeness (QED) is 0.374. The average Bonchev–Trinajstić information content (AvgIpc) is 2.83. The summed E-state index contributed by atoms with van der Waals surface area (Å²) in [6, 6.07) is 10.5. The topological polar surface area (TPSA) is 120 Å². The van der Waals surface area contributed by atoms with Crippen LogP contribution in [0.2, 0.25) is 0 Å². The van der Waals surface area contributed by atoms with Gasteiger partial charge in [0.1, 0.15) is 0 Å². The monoisotopic (exact) mass is 456 g/mol. The number of carbonyl (C=O) groups is 2. The smallest absolute Gasteiger partial charge is 0.240 e. The molecule has 0 bridgehead atoms. The van der Waals surface area contributed by atoms with Crippen molar-refractivity contribution in [2.45, 2.75) is 19.3 Å². The number of methoxy groups -OCH3 is 4. The fourth-order valence-electron chi connectivity index (χ4n) is 2.75. The summed E-state index contributed by atoms with van der Waals surface area (Å²) < 4.78 is 20.8. The SMILES string of the molecule is COc1ccc(/C=N/NC(=O)CCCC(=O)N/N=C/c2ccc(OC)c(OC)c2)cc1OC. The van der Waals surface area contributed by atoms with E-state index in [9.17, 15) is 9.59 Å². The third-order valence-electron chi connectivity index (χ3n) is 4.43. The molecular weight excluding hydrogens is 428 g/mol. The van der Waals surface area contributed by atoms with Gasteiger partial charge in [0, 0.05) is 12.8 Å². The van der Waals surface area contributed by atoms with E-state index in [4.69, 9.17) is 18.9 Å². The van der Waals surface area contributed by atoms with Crippen molar-refractivity contribution >= 4 is 24.2 Å². The molecule has 0 atom stereocenters. The van der Waals surface area contributed by atoms with Crippen molar-refractivity contribution in [3.05, 3.63) is 47.5 Å². The standard InChI is InChI=1S/C23H28N4O6/c1-30-18-10-8-16(12-20(18)32-3)14-24-26-22(28)6-5-7-23(29)27-25-15-17-9-11-19(31-2)21(13-17)33-4/h8-15H,5-7H2,1-4H3,(H,26,28)(H,27,29)/b24-14+,25-15+. The molecule has 0 aliphatic rings. The predicted molar refractivity (Wildman–Crippen MR) is 124 cm³/mol. The Bertz CT molecular complexity index is 927. The molecule has 0 fully saturated rings. The van der Waals surface area contributed by atoms with Gasteiger partial charge in [-0.05, 0) is 53.9 Å². The van der Waals surface area contributed by atoms with Gasteiger partial charge >= 0.3 is 0 Å². The Kier molecular flexibility index (Phi) is 10.2. The van der Waals surface area contributed by atoms with E-state index in [1.807, 2.05) is 0 Å². The van der Waals surface area contributed by atoms with Gasteiger partial charge in [0.15, 0.2) is 23.0 Å². The predicted octanol–water partition coefficient (Wildman–Crippen LogP) is 2.49. The van der Waals surface area contributed by atoms with E-state index in [2.05, 4.69) is 21.1 Å². The van der Waals surface area contributed by atoms with Crippen LogP contribution in [0.4, 0.5) is 0 Å². The molecule has 0 aliphatic carbocycles. The van der Waals surface area contributed by atoms with Crippen LogP contribution in [0.3, 0.4) is 0 Å². The molecule has 2 aromatic rings. The molecule has 2 rings (SSSR count). The lowest BCUT2D eigenvalue weighted by atomic mass is 10.2. The number of amides is 2. The Morgan fingerprint density at radius 1 is 0.697 bits per heavy atom. The highest BCUT2D eigenvalue weighted by Gasteiger charge is 2.06. The Morgan fingerprint density at radius 2 is 1.09 bits per heavy atom. The maximum Gasteiger partial charge on any atom is 0.240 e. The minimum Gasteiger partial charge on any atom is -0.493 e. The van der Waals surface area contributed by atoms with Gasteiger partial charge in [-0.15, -0.1) is 0 Å². The summed E-state index contributed by atoms with van der Waals surface area (Å²) in [5.74, 6) is 1.73. The number of carbonyl (C=O) groups excluding carboxylic acids is 2.